The molecule has 2 rings (SSSR count). The minimum Gasteiger partial charge on any atom is -0.369 e. The van der Waals surface area contributed by atoms with Gasteiger partial charge in [0.1, 0.15) is 12.3 Å². The molecule has 4 nitrogen and oxygen atoms in total. The molecule has 0 saturated carbocycles. The van der Waals surface area contributed by atoms with Crippen LogP contribution in [0.3, 0.4) is 0 Å². The molecule has 0 atom stereocenters. The van der Waals surface area contributed by atoms with E-state index in [-0.39, 0.29) is 5.78 Å². The highest BCUT2D eigenvalue weighted by Gasteiger charge is 2.07. The Kier molecular flexibility index (Phi) is 3.48. The van der Waals surface area contributed by atoms with Crippen molar-refractivity contribution in [2.45, 2.75) is 20.1 Å². The van der Waals surface area contributed by atoms with Gasteiger partial charge >= 0.3 is 0 Å². The average molecular weight is 237 g/mol. The molecule has 0 saturated heterocycles. The summed E-state index contributed by atoms with van der Waals surface area (Å²) in [4.78, 5) is 11.0. The van der Waals surface area contributed by atoms with Crippen LogP contribution in [0.1, 0.15) is 28.7 Å². The van der Waals surface area contributed by atoms with Crippen molar-refractivity contribution in [3.05, 3.63) is 39.9 Å². The first kappa shape index (κ1) is 11.0. The molecular formula is C11H11NO3S. The summed E-state index contributed by atoms with van der Waals surface area (Å²) in [7, 11) is 0. The van der Waals surface area contributed by atoms with Gasteiger partial charge in [-0.15, -0.1) is 0 Å². The smallest absolute Gasteiger partial charge is 0.181 e. The number of hydrogen-bond donors (Lipinski definition) is 0. The molecule has 0 aliphatic heterocycles. The number of rotatable bonds is 5. The maximum absolute atomic E-state index is 11.0. The number of aromatic nitrogens is 1. The second-order valence-electron chi connectivity index (χ2n) is 3.36. The maximum atomic E-state index is 11.0. The van der Waals surface area contributed by atoms with Crippen LogP contribution in [-0.2, 0) is 18.0 Å². The lowest BCUT2D eigenvalue weighted by Crippen LogP contribution is -1.92. The predicted molar refractivity (Wildman–Crippen MR) is 59.3 cm³/mol. The third kappa shape index (κ3) is 2.77. The molecule has 2 aromatic rings. The minimum absolute atomic E-state index is 0.104. The molecule has 2 heterocycles. The van der Waals surface area contributed by atoms with Gasteiger partial charge in [0.2, 0.25) is 0 Å². The summed E-state index contributed by atoms with van der Waals surface area (Å²) in [6, 6.07) is 3.61. The van der Waals surface area contributed by atoms with Crippen LogP contribution in [0.15, 0.2) is 27.4 Å². The van der Waals surface area contributed by atoms with E-state index in [4.69, 9.17) is 9.26 Å². The Balaban J connectivity index is 1.83. The van der Waals surface area contributed by atoms with Crippen molar-refractivity contribution in [1.82, 2.24) is 5.16 Å². The molecule has 0 aromatic carbocycles. The van der Waals surface area contributed by atoms with Crippen molar-refractivity contribution in [2.75, 3.05) is 0 Å². The molecule has 0 aliphatic carbocycles. The summed E-state index contributed by atoms with van der Waals surface area (Å²) in [6.45, 7) is 2.32. The largest absolute Gasteiger partial charge is 0.369 e. The molecule has 2 aromatic heterocycles. The van der Waals surface area contributed by atoms with Crippen LogP contribution in [0.25, 0.3) is 0 Å². The summed E-state index contributed by atoms with van der Waals surface area (Å²) >= 11 is 1.63. The number of ether oxygens (including phenoxy) is 1. The first-order valence-electron chi connectivity index (χ1n) is 4.81. The standard InChI is InChI=1S/C11H11NO3S/c1-8(13)11-4-10(15-12-11)6-14-5-9-2-3-16-7-9/h2-4,7H,5-6H2,1H3. The van der Waals surface area contributed by atoms with E-state index in [1.165, 1.54) is 6.92 Å². The van der Waals surface area contributed by atoms with Gasteiger partial charge in [0.05, 0.1) is 6.61 Å². The van der Waals surface area contributed by atoms with Crippen molar-refractivity contribution >= 4 is 17.1 Å². The summed E-state index contributed by atoms with van der Waals surface area (Å²) in [5.41, 5.74) is 1.48. The highest BCUT2D eigenvalue weighted by molar-refractivity contribution is 7.07. The van der Waals surface area contributed by atoms with Gasteiger partial charge in [0, 0.05) is 13.0 Å². The Hall–Kier alpha value is -1.46. The number of ketones is 1. The first-order chi connectivity index (χ1) is 7.75. The van der Waals surface area contributed by atoms with E-state index < -0.39 is 0 Å². The number of thiophene rings is 1. The second kappa shape index (κ2) is 5.05. The Morgan fingerprint density at radius 2 is 2.44 bits per heavy atom. The summed E-state index contributed by atoms with van der Waals surface area (Å²) in [5.74, 6) is 0.466. The monoisotopic (exact) mass is 237 g/mol. The SMILES string of the molecule is CC(=O)c1cc(COCc2ccsc2)on1. The molecule has 16 heavy (non-hydrogen) atoms. The van der Waals surface area contributed by atoms with Crippen LogP contribution in [-0.4, -0.2) is 10.9 Å². The topological polar surface area (TPSA) is 52.3 Å². The Bertz CT molecular complexity index is 461. The minimum atomic E-state index is -0.104. The normalized spacial score (nSPS) is 10.6. The van der Waals surface area contributed by atoms with Gasteiger partial charge in [-0.3, -0.25) is 4.79 Å². The number of hydrogen-bond acceptors (Lipinski definition) is 5. The van der Waals surface area contributed by atoms with E-state index >= 15 is 0 Å². The number of nitrogens with zero attached hydrogens (tertiary/aromatic N) is 1. The van der Waals surface area contributed by atoms with Gasteiger partial charge in [-0.05, 0) is 22.4 Å². The lowest BCUT2D eigenvalue weighted by molar-refractivity contribution is 0.0883. The van der Waals surface area contributed by atoms with E-state index in [2.05, 4.69) is 5.16 Å². The molecule has 0 bridgehead atoms. The highest BCUT2D eigenvalue weighted by Crippen LogP contribution is 2.10. The van der Waals surface area contributed by atoms with Crippen molar-refractivity contribution in [1.29, 1.82) is 0 Å². The van der Waals surface area contributed by atoms with E-state index in [1.807, 2.05) is 16.8 Å². The van der Waals surface area contributed by atoms with Crippen molar-refractivity contribution in [2.24, 2.45) is 0 Å². The van der Waals surface area contributed by atoms with Crippen LogP contribution >= 0.6 is 11.3 Å². The average Bonchev–Trinajstić information content (AvgIpc) is 2.87. The lowest BCUT2D eigenvalue weighted by atomic mass is 10.3. The van der Waals surface area contributed by atoms with Crippen molar-refractivity contribution < 1.29 is 14.1 Å². The fourth-order valence-corrected chi connectivity index (χ4v) is 1.84. The molecule has 0 radical (unpaired) electrons. The molecule has 0 N–H and O–H groups in total. The second-order valence-corrected chi connectivity index (χ2v) is 4.14. The van der Waals surface area contributed by atoms with Crippen LogP contribution in [0.4, 0.5) is 0 Å². The number of carbonyl (C=O) groups is 1. The van der Waals surface area contributed by atoms with E-state index in [0.29, 0.717) is 24.7 Å². The zero-order chi connectivity index (χ0) is 11.4. The van der Waals surface area contributed by atoms with E-state index in [1.54, 1.807) is 17.4 Å². The van der Waals surface area contributed by atoms with Gasteiger partial charge in [-0.25, -0.2) is 0 Å². The number of carbonyl (C=O) groups excluding carboxylic acids is 1. The fraction of sp³-hybridized carbons (Fsp3) is 0.273. The molecule has 0 aliphatic rings. The molecule has 84 valence electrons. The van der Waals surface area contributed by atoms with Gasteiger partial charge in [-0.1, -0.05) is 5.16 Å². The highest BCUT2D eigenvalue weighted by atomic mass is 32.1. The van der Waals surface area contributed by atoms with Gasteiger partial charge < -0.3 is 9.26 Å². The molecule has 0 amide bonds. The first-order valence-corrected chi connectivity index (χ1v) is 5.75. The van der Waals surface area contributed by atoms with Gasteiger partial charge in [0.25, 0.3) is 0 Å². The molecule has 0 spiro atoms. The Morgan fingerprint density at radius 3 is 3.06 bits per heavy atom. The third-order valence-electron chi connectivity index (χ3n) is 2.01. The van der Waals surface area contributed by atoms with Crippen LogP contribution < -0.4 is 0 Å². The third-order valence-corrected chi connectivity index (χ3v) is 2.74. The summed E-state index contributed by atoms with van der Waals surface area (Å²) < 4.78 is 10.4. The zero-order valence-electron chi connectivity index (χ0n) is 8.80. The van der Waals surface area contributed by atoms with Crippen LogP contribution in [0.5, 0.6) is 0 Å². The van der Waals surface area contributed by atoms with E-state index in [0.717, 1.165) is 5.56 Å². The Morgan fingerprint density at radius 1 is 1.56 bits per heavy atom. The van der Waals surface area contributed by atoms with Crippen LogP contribution in [0.2, 0.25) is 0 Å². The fourth-order valence-electron chi connectivity index (χ4n) is 1.19. The maximum Gasteiger partial charge on any atom is 0.181 e. The van der Waals surface area contributed by atoms with Crippen molar-refractivity contribution in [3.8, 4) is 0 Å². The lowest BCUT2D eigenvalue weighted by Gasteiger charge is -1.97. The van der Waals surface area contributed by atoms with Crippen molar-refractivity contribution in [3.63, 3.8) is 0 Å². The van der Waals surface area contributed by atoms with Gasteiger partial charge in [0.15, 0.2) is 11.5 Å². The van der Waals surface area contributed by atoms with Gasteiger partial charge in [-0.2, -0.15) is 11.3 Å². The zero-order valence-corrected chi connectivity index (χ0v) is 9.62. The van der Waals surface area contributed by atoms with Crippen LogP contribution in [0, 0.1) is 0 Å². The number of Topliss-reactive ketones (excluding diaryl/α,β-unsaturated/α-hetero) is 1. The molecule has 0 unspecified atom stereocenters. The molecule has 0 fully saturated rings. The predicted octanol–water partition coefficient (Wildman–Crippen LogP) is 2.66. The van der Waals surface area contributed by atoms with E-state index in [9.17, 15) is 4.79 Å². The molecule has 5 heteroatoms. The Labute approximate surface area is 96.8 Å². The quantitative estimate of drug-likeness (QED) is 0.750. The summed E-state index contributed by atoms with van der Waals surface area (Å²) in [6.07, 6.45) is 0. The molecular weight excluding hydrogens is 226 g/mol. The summed E-state index contributed by atoms with van der Waals surface area (Å²) in [5, 5.41) is 7.66.